The number of alkyl halides is 3. The summed E-state index contributed by atoms with van der Waals surface area (Å²) in [4.78, 5) is 12.3. The summed E-state index contributed by atoms with van der Waals surface area (Å²) in [5.74, 6) is -1.76. The minimum Gasteiger partial charge on any atom is -0.486 e. The maximum absolute atomic E-state index is 13.0. The van der Waals surface area contributed by atoms with Gasteiger partial charge >= 0.3 is 6.18 Å². The van der Waals surface area contributed by atoms with Crippen molar-refractivity contribution in [1.29, 1.82) is 0 Å². The Labute approximate surface area is 163 Å². The number of carbonyl (C=O) groups is 1. The Morgan fingerprint density at radius 1 is 1.11 bits per heavy atom. The summed E-state index contributed by atoms with van der Waals surface area (Å²) < 4.78 is 69.3. The van der Waals surface area contributed by atoms with Gasteiger partial charge in [-0.3, -0.25) is 4.79 Å². The van der Waals surface area contributed by atoms with Gasteiger partial charge in [-0.15, -0.1) is 0 Å². The third kappa shape index (κ3) is 4.15. The number of rotatable bonds is 3. The van der Waals surface area contributed by atoms with Gasteiger partial charge in [-0.25, -0.2) is 8.42 Å². The van der Waals surface area contributed by atoms with E-state index in [1.54, 1.807) is 18.2 Å². The molecule has 0 spiro atoms. The molecular weight excluding hydrogens is 419 g/mol. The van der Waals surface area contributed by atoms with E-state index in [0.29, 0.717) is 6.07 Å². The van der Waals surface area contributed by atoms with Crippen molar-refractivity contribution in [3.8, 4) is 0 Å². The van der Waals surface area contributed by atoms with Gasteiger partial charge in [0.25, 0.3) is 5.91 Å². The van der Waals surface area contributed by atoms with E-state index in [2.05, 4.69) is 5.32 Å². The molecule has 1 aliphatic heterocycles. The molecule has 0 unspecified atom stereocenters. The Hall–Kier alpha value is -2.52. The van der Waals surface area contributed by atoms with Gasteiger partial charge in [0.15, 0.2) is 9.84 Å². The highest BCUT2D eigenvalue weighted by atomic mass is 35.5. The van der Waals surface area contributed by atoms with Gasteiger partial charge in [0, 0.05) is 5.69 Å². The average molecular weight is 432 g/mol. The van der Waals surface area contributed by atoms with Crippen LogP contribution in [-0.4, -0.2) is 26.7 Å². The molecular formula is C18H13ClF3NO4S. The molecule has 2 aromatic carbocycles. The van der Waals surface area contributed by atoms with Crippen LogP contribution in [0.3, 0.4) is 0 Å². The second kappa shape index (κ2) is 7.48. The minimum absolute atomic E-state index is 0.201. The summed E-state index contributed by atoms with van der Waals surface area (Å²) in [6.45, 7) is -0.240. The molecule has 148 valence electrons. The third-order valence-corrected chi connectivity index (χ3v) is 5.96. The van der Waals surface area contributed by atoms with Crippen molar-refractivity contribution in [3.63, 3.8) is 0 Å². The van der Waals surface area contributed by atoms with Gasteiger partial charge in [-0.2, -0.15) is 13.2 Å². The first-order valence-corrected chi connectivity index (χ1v) is 9.96. The normalized spacial score (nSPS) is 16.4. The molecule has 5 nitrogen and oxygen atoms in total. The Morgan fingerprint density at radius 3 is 2.43 bits per heavy atom. The van der Waals surface area contributed by atoms with E-state index in [1.165, 1.54) is 18.2 Å². The number of anilines is 1. The third-order valence-electron chi connectivity index (χ3n) is 3.89. The van der Waals surface area contributed by atoms with E-state index in [-0.39, 0.29) is 28.5 Å². The fraction of sp³-hybridized carbons (Fsp3) is 0.167. The number of amides is 1. The van der Waals surface area contributed by atoms with E-state index in [4.69, 9.17) is 16.3 Å². The van der Waals surface area contributed by atoms with Crippen LogP contribution in [0, 0.1) is 0 Å². The number of ether oxygens (including phenoxy) is 1. The topological polar surface area (TPSA) is 72.5 Å². The van der Waals surface area contributed by atoms with Crippen molar-refractivity contribution in [2.45, 2.75) is 6.18 Å². The molecule has 0 saturated heterocycles. The molecule has 3 rings (SSSR count). The number of hydrogen-bond acceptors (Lipinski definition) is 4. The number of carbonyl (C=O) groups excluding carboxylic acids is 1. The number of nitrogens with one attached hydrogen (secondary N) is 1. The molecule has 10 heteroatoms. The quantitative estimate of drug-likeness (QED) is 0.793. The Bertz CT molecular complexity index is 1050. The predicted molar refractivity (Wildman–Crippen MR) is 98.2 cm³/mol. The molecule has 0 fully saturated rings. The fourth-order valence-corrected chi connectivity index (χ4v) is 4.30. The van der Waals surface area contributed by atoms with Crippen LogP contribution in [-0.2, 0) is 25.5 Å². The van der Waals surface area contributed by atoms with Gasteiger partial charge in [0.2, 0.25) is 5.76 Å². The van der Waals surface area contributed by atoms with E-state index >= 15 is 0 Å². The Kier molecular flexibility index (Phi) is 5.40. The smallest absolute Gasteiger partial charge is 0.417 e. The second-order valence-corrected chi connectivity index (χ2v) is 8.29. The van der Waals surface area contributed by atoms with Gasteiger partial charge < -0.3 is 10.1 Å². The highest BCUT2D eigenvalue weighted by Gasteiger charge is 2.35. The number of hydrogen-bond donors (Lipinski definition) is 1. The van der Waals surface area contributed by atoms with Crippen LogP contribution in [0.15, 0.2) is 54.3 Å². The highest BCUT2D eigenvalue weighted by molar-refractivity contribution is 8.00. The number of benzene rings is 2. The van der Waals surface area contributed by atoms with Crippen LogP contribution in [0.25, 0.3) is 4.91 Å². The Morgan fingerprint density at radius 2 is 1.79 bits per heavy atom. The summed E-state index contributed by atoms with van der Waals surface area (Å²) in [5, 5.41) is 1.72. The zero-order valence-electron chi connectivity index (χ0n) is 14.1. The molecule has 1 heterocycles. The first-order chi connectivity index (χ1) is 13.1. The molecule has 1 N–H and O–H groups in total. The molecule has 0 atom stereocenters. The van der Waals surface area contributed by atoms with Crippen LogP contribution >= 0.6 is 11.6 Å². The predicted octanol–water partition coefficient (Wildman–Crippen LogP) is 4.11. The highest BCUT2D eigenvalue weighted by Crippen LogP contribution is 2.36. The lowest BCUT2D eigenvalue weighted by Gasteiger charge is -2.21. The largest absolute Gasteiger partial charge is 0.486 e. The van der Waals surface area contributed by atoms with Gasteiger partial charge in [0.1, 0.15) is 11.5 Å². The molecule has 0 bridgehead atoms. The lowest BCUT2D eigenvalue weighted by Crippen LogP contribution is -2.28. The summed E-state index contributed by atoms with van der Waals surface area (Å²) >= 11 is 5.56. The van der Waals surface area contributed by atoms with E-state index in [0.717, 1.165) is 6.07 Å². The van der Waals surface area contributed by atoms with Crippen molar-refractivity contribution < 1.29 is 31.1 Å². The summed E-state index contributed by atoms with van der Waals surface area (Å²) in [6, 6.07) is 10.7. The van der Waals surface area contributed by atoms with Crippen LogP contribution in [0.1, 0.15) is 11.1 Å². The van der Waals surface area contributed by atoms with Crippen molar-refractivity contribution >= 4 is 37.9 Å². The van der Waals surface area contributed by atoms with Gasteiger partial charge in [0.05, 0.1) is 16.3 Å². The van der Waals surface area contributed by atoms with Crippen LogP contribution < -0.4 is 5.32 Å². The van der Waals surface area contributed by atoms with Crippen molar-refractivity contribution in [2.24, 2.45) is 0 Å². The average Bonchev–Trinajstić information content (AvgIpc) is 2.62. The molecule has 1 amide bonds. The maximum Gasteiger partial charge on any atom is 0.417 e. The minimum atomic E-state index is -4.71. The zero-order valence-corrected chi connectivity index (χ0v) is 15.7. The number of sulfone groups is 1. The van der Waals surface area contributed by atoms with E-state index in [9.17, 15) is 26.4 Å². The van der Waals surface area contributed by atoms with Crippen molar-refractivity contribution in [2.75, 3.05) is 17.7 Å². The first kappa shape index (κ1) is 20.2. The lowest BCUT2D eigenvalue weighted by atomic mass is 10.1. The standard InChI is InChI=1S/C18H13ClF3NO4S/c19-14-7-6-12(10-13(14)18(20,21)22)23-17(24)15-16(11-4-2-1-3-5-11)28(25,26)9-8-27-15/h1-7,10H,8-9H2,(H,23,24). The molecule has 0 radical (unpaired) electrons. The zero-order chi connectivity index (χ0) is 20.5. The number of halogens is 4. The molecule has 0 aromatic heterocycles. The maximum atomic E-state index is 13.0. The summed E-state index contributed by atoms with van der Waals surface area (Å²) in [6.07, 6.45) is -4.71. The Balaban J connectivity index is 2.02. The van der Waals surface area contributed by atoms with Crippen LogP contribution in [0.2, 0.25) is 5.02 Å². The van der Waals surface area contributed by atoms with E-state index < -0.39 is 38.3 Å². The van der Waals surface area contributed by atoms with Crippen LogP contribution in [0.5, 0.6) is 0 Å². The second-order valence-electron chi connectivity index (χ2n) is 5.84. The molecule has 0 saturated carbocycles. The lowest BCUT2D eigenvalue weighted by molar-refractivity contribution is -0.137. The SMILES string of the molecule is O=C(Nc1ccc(Cl)c(C(F)(F)F)c1)C1=C(c2ccccc2)S(=O)(=O)CCO1. The van der Waals surface area contributed by atoms with Crippen LogP contribution in [0.4, 0.5) is 18.9 Å². The van der Waals surface area contributed by atoms with Gasteiger partial charge in [-0.1, -0.05) is 41.9 Å². The summed E-state index contributed by atoms with van der Waals surface area (Å²) in [5.41, 5.74) is -1.07. The fourth-order valence-electron chi connectivity index (χ4n) is 2.64. The summed E-state index contributed by atoms with van der Waals surface area (Å²) in [7, 11) is -3.81. The van der Waals surface area contributed by atoms with E-state index in [1.807, 2.05) is 0 Å². The van der Waals surface area contributed by atoms with Crippen molar-refractivity contribution in [3.05, 3.63) is 70.4 Å². The molecule has 2 aromatic rings. The first-order valence-electron chi connectivity index (χ1n) is 7.93. The molecule has 0 aliphatic carbocycles. The van der Waals surface area contributed by atoms with Gasteiger partial charge in [-0.05, 0) is 23.8 Å². The monoisotopic (exact) mass is 431 g/mol. The van der Waals surface area contributed by atoms with Crippen molar-refractivity contribution in [1.82, 2.24) is 0 Å². The molecule has 1 aliphatic rings. The molecule has 28 heavy (non-hydrogen) atoms.